The molecular formula is C15H25NOSi. The zero-order valence-electron chi connectivity index (χ0n) is 11.8. The molecule has 1 heterocycles. The predicted octanol–water partition coefficient (Wildman–Crippen LogP) is 2.36. The third kappa shape index (κ3) is 3.94. The molecular weight excluding hydrogens is 238 g/mol. The Kier molecular flexibility index (Phi) is 4.59. The van der Waals surface area contributed by atoms with Gasteiger partial charge in [0.1, 0.15) is 0 Å². The molecule has 1 aliphatic heterocycles. The molecule has 0 amide bonds. The van der Waals surface area contributed by atoms with Gasteiger partial charge in [-0.2, -0.15) is 0 Å². The smallest absolute Gasteiger partial charge is 0.0775 e. The van der Waals surface area contributed by atoms with Crippen LogP contribution in [0.25, 0.3) is 0 Å². The van der Waals surface area contributed by atoms with E-state index in [0.29, 0.717) is 5.92 Å². The van der Waals surface area contributed by atoms with Crippen molar-refractivity contribution in [1.29, 1.82) is 0 Å². The summed E-state index contributed by atoms with van der Waals surface area (Å²) in [7, 11) is -1.15. The molecule has 2 rings (SSSR count). The van der Waals surface area contributed by atoms with Crippen molar-refractivity contribution >= 4 is 13.3 Å². The number of ether oxygens (including phenoxy) is 1. The van der Waals surface area contributed by atoms with Crippen molar-refractivity contribution in [1.82, 2.24) is 5.32 Å². The fourth-order valence-corrected chi connectivity index (χ4v) is 3.45. The van der Waals surface area contributed by atoms with Crippen LogP contribution in [0.2, 0.25) is 19.6 Å². The first kappa shape index (κ1) is 13.8. The molecule has 1 aromatic carbocycles. The Labute approximate surface area is 112 Å². The van der Waals surface area contributed by atoms with Gasteiger partial charge >= 0.3 is 0 Å². The lowest BCUT2D eigenvalue weighted by Gasteiger charge is -2.17. The average molecular weight is 263 g/mol. The van der Waals surface area contributed by atoms with Crippen LogP contribution in [0.3, 0.4) is 0 Å². The van der Waals surface area contributed by atoms with Crippen molar-refractivity contribution in [3.63, 3.8) is 0 Å². The van der Waals surface area contributed by atoms with Gasteiger partial charge in [-0.15, -0.1) is 0 Å². The molecule has 1 aromatic rings. The van der Waals surface area contributed by atoms with E-state index in [1.807, 2.05) is 0 Å². The molecule has 1 atom stereocenters. The Bertz CT molecular complexity index is 363. The molecule has 1 unspecified atom stereocenters. The van der Waals surface area contributed by atoms with Gasteiger partial charge in [0.2, 0.25) is 0 Å². The Morgan fingerprint density at radius 3 is 2.50 bits per heavy atom. The molecule has 0 saturated carbocycles. The van der Waals surface area contributed by atoms with E-state index in [1.165, 1.54) is 17.2 Å². The molecule has 0 bridgehead atoms. The predicted molar refractivity (Wildman–Crippen MR) is 80.1 cm³/mol. The highest BCUT2D eigenvalue weighted by molar-refractivity contribution is 6.88. The third-order valence-electron chi connectivity index (χ3n) is 3.61. The van der Waals surface area contributed by atoms with E-state index < -0.39 is 8.07 Å². The first-order valence-corrected chi connectivity index (χ1v) is 10.4. The summed E-state index contributed by atoms with van der Waals surface area (Å²) in [5, 5.41) is 5.07. The van der Waals surface area contributed by atoms with E-state index in [1.54, 1.807) is 0 Å². The lowest BCUT2D eigenvalue weighted by Crippen LogP contribution is -2.37. The van der Waals surface area contributed by atoms with E-state index in [-0.39, 0.29) is 0 Å². The molecule has 1 aliphatic rings. The van der Waals surface area contributed by atoms with Crippen molar-refractivity contribution in [3.05, 3.63) is 29.8 Å². The minimum atomic E-state index is -1.15. The largest absolute Gasteiger partial charge is 0.381 e. The molecule has 2 nitrogen and oxygen atoms in total. The maximum atomic E-state index is 5.38. The molecule has 0 spiro atoms. The molecule has 3 heteroatoms. The molecule has 18 heavy (non-hydrogen) atoms. The monoisotopic (exact) mass is 263 g/mol. The maximum Gasteiger partial charge on any atom is 0.0775 e. The minimum absolute atomic E-state index is 0.714. The van der Waals surface area contributed by atoms with Crippen molar-refractivity contribution in [2.45, 2.75) is 32.6 Å². The first-order chi connectivity index (χ1) is 8.55. The van der Waals surface area contributed by atoms with Crippen LogP contribution in [0.15, 0.2) is 24.3 Å². The SMILES string of the molecule is C[Si](C)(C)c1ccc(CNCC2CCOC2)cc1. The van der Waals surface area contributed by atoms with Gasteiger partial charge in [0.15, 0.2) is 0 Å². The standard InChI is InChI=1S/C15H25NOSi/c1-18(2,3)15-6-4-13(5-7-15)10-16-11-14-8-9-17-12-14/h4-7,14,16H,8-12H2,1-3H3. The summed E-state index contributed by atoms with van der Waals surface area (Å²) in [6.07, 6.45) is 1.21. The molecule has 1 saturated heterocycles. The molecule has 0 radical (unpaired) electrons. The van der Waals surface area contributed by atoms with Gasteiger partial charge in [-0.1, -0.05) is 49.1 Å². The van der Waals surface area contributed by atoms with Crippen LogP contribution in [0.5, 0.6) is 0 Å². The highest BCUT2D eigenvalue weighted by Gasteiger charge is 2.16. The summed E-state index contributed by atoms with van der Waals surface area (Å²) in [5.41, 5.74) is 1.39. The number of nitrogens with one attached hydrogen (secondary N) is 1. The second-order valence-corrected chi connectivity index (χ2v) is 11.4. The first-order valence-electron chi connectivity index (χ1n) is 6.93. The van der Waals surface area contributed by atoms with E-state index in [9.17, 15) is 0 Å². The quantitative estimate of drug-likeness (QED) is 0.824. The highest BCUT2D eigenvalue weighted by atomic mass is 28.3. The van der Waals surface area contributed by atoms with Crippen LogP contribution in [-0.4, -0.2) is 27.8 Å². The Balaban J connectivity index is 1.79. The average Bonchev–Trinajstić information content (AvgIpc) is 2.82. The van der Waals surface area contributed by atoms with E-state index in [0.717, 1.165) is 26.3 Å². The Hall–Kier alpha value is -0.643. The van der Waals surface area contributed by atoms with E-state index in [4.69, 9.17) is 4.74 Å². The van der Waals surface area contributed by atoms with E-state index in [2.05, 4.69) is 49.2 Å². The Morgan fingerprint density at radius 2 is 1.94 bits per heavy atom. The van der Waals surface area contributed by atoms with Crippen molar-refractivity contribution in [2.75, 3.05) is 19.8 Å². The van der Waals surface area contributed by atoms with Gasteiger partial charge in [-0.25, -0.2) is 0 Å². The van der Waals surface area contributed by atoms with Gasteiger partial charge in [-0.05, 0) is 17.9 Å². The molecule has 1 fully saturated rings. The van der Waals surface area contributed by atoms with Gasteiger partial charge in [0, 0.05) is 19.7 Å². The summed E-state index contributed by atoms with van der Waals surface area (Å²) in [6.45, 7) is 11.1. The molecule has 100 valence electrons. The van der Waals surface area contributed by atoms with Gasteiger partial charge in [0.05, 0.1) is 14.7 Å². The maximum absolute atomic E-state index is 5.38. The summed E-state index contributed by atoms with van der Waals surface area (Å²) in [6, 6.07) is 9.15. The molecule has 1 N–H and O–H groups in total. The number of benzene rings is 1. The van der Waals surface area contributed by atoms with Crippen molar-refractivity contribution in [3.8, 4) is 0 Å². The summed E-state index contributed by atoms with van der Waals surface area (Å²) in [4.78, 5) is 0. The summed E-state index contributed by atoms with van der Waals surface area (Å²) >= 11 is 0. The molecule has 0 aromatic heterocycles. The highest BCUT2D eigenvalue weighted by Crippen LogP contribution is 2.11. The lowest BCUT2D eigenvalue weighted by atomic mass is 10.1. The number of rotatable bonds is 5. The van der Waals surface area contributed by atoms with Gasteiger partial charge in [0.25, 0.3) is 0 Å². The molecule has 0 aliphatic carbocycles. The second-order valence-electron chi connectivity index (χ2n) is 6.31. The van der Waals surface area contributed by atoms with Gasteiger partial charge in [-0.3, -0.25) is 0 Å². The zero-order valence-corrected chi connectivity index (χ0v) is 12.8. The van der Waals surface area contributed by atoms with Gasteiger partial charge < -0.3 is 10.1 Å². The van der Waals surface area contributed by atoms with Crippen LogP contribution in [-0.2, 0) is 11.3 Å². The van der Waals surface area contributed by atoms with E-state index >= 15 is 0 Å². The van der Waals surface area contributed by atoms with Crippen LogP contribution < -0.4 is 10.5 Å². The normalized spacial score (nSPS) is 20.3. The topological polar surface area (TPSA) is 21.3 Å². The minimum Gasteiger partial charge on any atom is -0.381 e. The van der Waals surface area contributed by atoms with Crippen LogP contribution >= 0.6 is 0 Å². The second kappa shape index (κ2) is 6.00. The van der Waals surface area contributed by atoms with Crippen LogP contribution in [0, 0.1) is 5.92 Å². The van der Waals surface area contributed by atoms with Crippen LogP contribution in [0.4, 0.5) is 0 Å². The zero-order chi connectivity index (χ0) is 13.0. The fraction of sp³-hybridized carbons (Fsp3) is 0.600. The number of hydrogen-bond acceptors (Lipinski definition) is 2. The summed E-state index contributed by atoms with van der Waals surface area (Å²) < 4.78 is 5.38. The summed E-state index contributed by atoms with van der Waals surface area (Å²) in [5.74, 6) is 0.714. The Morgan fingerprint density at radius 1 is 1.22 bits per heavy atom. The fourth-order valence-electron chi connectivity index (χ4n) is 2.29. The van der Waals surface area contributed by atoms with Crippen LogP contribution in [0.1, 0.15) is 12.0 Å². The third-order valence-corrected chi connectivity index (χ3v) is 5.67. The van der Waals surface area contributed by atoms with Crippen molar-refractivity contribution in [2.24, 2.45) is 5.92 Å². The lowest BCUT2D eigenvalue weighted by molar-refractivity contribution is 0.185. The van der Waals surface area contributed by atoms with Crippen molar-refractivity contribution < 1.29 is 4.74 Å². The number of hydrogen-bond donors (Lipinski definition) is 1.